The first-order valence-corrected chi connectivity index (χ1v) is 11.5. The van der Waals surface area contributed by atoms with Crippen LogP contribution in [-0.4, -0.2) is 50.5 Å². The third kappa shape index (κ3) is 7.45. The Bertz CT molecular complexity index is 895. The number of hydrogen-bond donors (Lipinski definition) is 1. The fourth-order valence-electron chi connectivity index (χ4n) is 3.72. The molecule has 1 N–H and O–H groups in total. The molecule has 33 heavy (non-hydrogen) atoms. The average molecular weight is 500 g/mol. The molecule has 1 aromatic rings. The van der Waals surface area contributed by atoms with Gasteiger partial charge < -0.3 is 19.4 Å². The van der Waals surface area contributed by atoms with Crippen molar-refractivity contribution in [3.8, 4) is 0 Å². The predicted molar refractivity (Wildman–Crippen MR) is 124 cm³/mol. The van der Waals surface area contributed by atoms with E-state index in [0.717, 1.165) is 0 Å². The summed E-state index contributed by atoms with van der Waals surface area (Å²) in [6, 6.07) is 4.46. The molecule has 1 aromatic carbocycles. The molecule has 1 aliphatic heterocycles. The summed E-state index contributed by atoms with van der Waals surface area (Å²) in [7, 11) is 0.144. The van der Waals surface area contributed by atoms with Crippen LogP contribution in [-0.2, 0) is 28.4 Å². The highest BCUT2D eigenvalue weighted by molar-refractivity contribution is 6.50. The lowest BCUT2D eigenvalue weighted by molar-refractivity contribution is -0.167. The van der Waals surface area contributed by atoms with Gasteiger partial charge in [0.2, 0.25) is 0 Å². The third-order valence-corrected chi connectivity index (χ3v) is 5.89. The van der Waals surface area contributed by atoms with Crippen LogP contribution in [0.4, 0.5) is 0 Å². The van der Waals surface area contributed by atoms with Crippen LogP contribution in [0, 0.1) is 11.8 Å². The second-order valence-electron chi connectivity index (χ2n) is 8.34. The smallest absolute Gasteiger partial charge is 0.509 e. The molecule has 0 unspecified atom stereocenters. The standard InChI is InChI=1S/C22H28BCl2NO7/c1-5-16-19(22(30)31-4)32-23(33-21(16)29)13(8-12(2)3)9-15(27)11-26-20(28)17-10-14(24)6-7-18(17)25/h6-7,10,12-13,16,19H,5,8-9,11H2,1-4H3,(H,26,28)/t13-,16-,19-/m1/s1. The second-order valence-corrected chi connectivity index (χ2v) is 9.18. The summed E-state index contributed by atoms with van der Waals surface area (Å²) < 4.78 is 16.1. The summed E-state index contributed by atoms with van der Waals surface area (Å²) >= 11 is 11.9. The predicted octanol–water partition coefficient (Wildman–Crippen LogP) is 3.73. The Morgan fingerprint density at radius 3 is 2.55 bits per heavy atom. The maximum atomic E-state index is 12.7. The van der Waals surface area contributed by atoms with Crippen molar-refractivity contribution >= 4 is 53.9 Å². The van der Waals surface area contributed by atoms with Crippen LogP contribution in [0.15, 0.2) is 18.2 Å². The molecule has 1 heterocycles. The number of carbonyl (C=O) groups is 4. The van der Waals surface area contributed by atoms with Gasteiger partial charge in [-0.15, -0.1) is 0 Å². The van der Waals surface area contributed by atoms with Crippen molar-refractivity contribution in [1.29, 1.82) is 0 Å². The maximum Gasteiger partial charge on any atom is 0.531 e. The van der Waals surface area contributed by atoms with Gasteiger partial charge in [0.15, 0.2) is 11.9 Å². The zero-order valence-corrected chi connectivity index (χ0v) is 20.6. The lowest BCUT2D eigenvalue weighted by Gasteiger charge is -2.35. The van der Waals surface area contributed by atoms with Crippen LogP contribution in [0.2, 0.25) is 15.9 Å². The zero-order chi connectivity index (χ0) is 24.7. The number of ketones is 1. The van der Waals surface area contributed by atoms with Gasteiger partial charge in [-0.1, -0.05) is 44.0 Å². The van der Waals surface area contributed by atoms with Gasteiger partial charge in [-0.25, -0.2) is 4.79 Å². The van der Waals surface area contributed by atoms with Crippen LogP contribution in [0.25, 0.3) is 0 Å². The highest BCUT2D eigenvalue weighted by Crippen LogP contribution is 2.33. The van der Waals surface area contributed by atoms with E-state index in [1.54, 1.807) is 13.0 Å². The van der Waals surface area contributed by atoms with Crippen LogP contribution in [0.5, 0.6) is 0 Å². The highest BCUT2D eigenvalue weighted by Gasteiger charge is 2.49. The van der Waals surface area contributed by atoms with E-state index in [4.69, 9.17) is 37.2 Å². The molecule has 2 rings (SSSR count). The Hall–Kier alpha value is -2.10. The van der Waals surface area contributed by atoms with E-state index < -0.39 is 42.8 Å². The molecule has 0 spiro atoms. The lowest BCUT2D eigenvalue weighted by atomic mass is 9.64. The van der Waals surface area contributed by atoms with E-state index in [9.17, 15) is 19.2 Å². The van der Waals surface area contributed by atoms with Crippen molar-refractivity contribution in [3.05, 3.63) is 33.8 Å². The van der Waals surface area contributed by atoms with Crippen LogP contribution in [0.3, 0.4) is 0 Å². The normalized spacial score (nSPS) is 19.1. The monoisotopic (exact) mass is 499 g/mol. The summed E-state index contributed by atoms with van der Waals surface area (Å²) in [5.74, 6) is -3.17. The molecule has 11 heteroatoms. The van der Waals surface area contributed by atoms with Crippen LogP contribution < -0.4 is 5.32 Å². The summed E-state index contributed by atoms with van der Waals surface area (Å²) in [6.07, 6.45) is -0.273. The van der Waals surface area contributed by atoms with Crippen LogP contribution in [0.1, 0.15) is 50.4 Å². The Kier molecular flexibility index (Phi) is 10.2. The molecule has 0 aromatic heterocycles. The molecule has 0 aliphatic carbocycles. The summed E-state index contributed by atoms with van der Waals surface area (Å²) in [6.45, 7) is 5.40. The molecule has 1 amide bonds. The lowest BCUT2D eigenvalue weighted by Crippen LogP contribution is -2.52. The number of amides is 1. The second kappa shape index (κ2) is 12.4. The summed E-state index contributed by atoms with van der Waals surface area (Å²) in [5.41, 5.74) is 0.159. The van der Waals surface area contributed by atoms with Crippen molar-refractivity contribution in [2.75, 3.05) is 13.7 Å². The summed E-state index contributed by atoms with van der Waals surface area (Å²) in [5, 5.41) is 3.09. The zero-order valence-electron chi connectivity index (χ0n) is 19.1. The van der Waals surface area contributed by atoms with E-state index in [1.165, 1.54) is 19.2 Å². The Morgan fingerprint density at radius 2 is 1.94 bits per heavy atom. The first kappa shape index (κ1) is 27.2. The van der Waals surface area contributed by atoms with Gasteiger partial charge in [-0.2, -0.15) is 0 Å². The first-order chi connectivity index (χ1) is 15.6. The van der Waals surface area contributed by atoms with Gasteiger partial charge in [-0.3, -0.25) is 14.4 Å². The van der Waals surface area contributed by atoms with Gasteiger partial charge in [0, 0.05) is 17.3 Å². The number of benzene rings is 1. The largest absolute Gasteiger partial charge is 0.531 e. The SMILES string of the molecule is CC[C@H]1C(=O)OB([C@@H](CC(=O)CNC(=O)c2cc(Cl)ccc2Cl)CC(C)C)O[C@H]1C(=O)OC. The molecular formula is C22H28BCl2NO7. The molecule has 1 fully saturated rings. The van der Waals surface area contributed by atoms with Gasteiger partial charge in [-0.05, 0) is 37.0 Å². The fraction of sp³-hybridized carbons (Fsp3) is 0.545. The molecule has 1 saturated heterocycles. The van der Waals surface area contributed by atoms with Gasteiger partial charge in [0.05, 0.1) is 30.2 Å². The molecule has 0 saturated carbocycles. The maximum absolute atomic E-state index is 12.7. The quantitative estimate of drug-likeness (QED) is 0.386. The minimum absolute atomic E-state index is 0.0234. The average Bonchev–Trinajstić information content (AvgIpc) is 2.77. The third-order valence-electron chi connectivity index (χ3n) is 5.32. The fourth-order valence-corrected chi connectivity index (χ4v) is 4.10. The van der Waals surface area contributed by atoms with Crippen molar-refractivity contribution < 1.29 is 33.2 Å². The van der Waals surface area contributed by atoms with Crippen molar-refractivity contribution in [3.63, 3.8) is 0 Å². The Labute approximate surface area is 203 Å². The van der Waals surface area contributed by atoms with Crippen LogP contribution >= 0.6 is 23.2 Å². The number of ether oxygens (including phenoxy) is 1. The highest BCUT2D eigenvalue weighted by atomic mass is 35.5. The minimum atomic E-state index is -1.10. The number of carbonyl (C=O) groups excluding carboxylic acids is 4. The molecular weight excluding hydrogens is 472 g/mol. The first-order valence-electron chi connectivity index (χ1n) is 10.8. The van der Waals surface area contributed by atoms with Gasteiger partial charge in [0.25, 0.3) is 11.9 Å². The molecule has 0 bridgehead atoms. The van der Waals surface area contributed by atoms with Crippen molar-refractivity contribution in [1.82, 2.24) is 5.32 Å². The number of hydrogen-bond acceptors (Lipinski definition) is 7. The van der Waals surface area contributed by atoms with Gasteiger partial charge >= 0.3 is 13.1 Å². The molecule has 1 aliphatic rings. The Balaban J connectivity index is 2.07. The van der Waals surface area contributed by atoms with Gasteiger partial charge in [0.1, 0.15) is 0 Å². The number of methoxy groups -OCH3 is 1. The molecule has 180 valence electrons. The number of esters is 1. The number of nitrogens with one attached hydrogen (secondary N) is 1. The topological polar surface area (TPSA) is 108 Å². The van der Waals surface area contributed by atoms with E-state index in [1.807, 2.05) is 13.8 Å². The van der Waals surface area contributed by atoms with E-state index in [2.05, 4.69) is 5.32 Å². The minimum Gasteiger partial charge on any atom is -0.509 e. The van der Waals surface area contributed by atoms with E-state index in [-0.39, 0.29) is 35.3 Å². The number of rotatable bonds is 10. The molecule has 3 atom stereocenters. The Morgan fingerprint density at radius 1 is 1.24 bits per heavy atom. The summed E-state index contributed by atoms with van der Waals surface area (Å²) in [4.78, 5) is 49.7. The van der Waals surface area contributed by atoms with E-state index >= 15 is 0 Å². The molecule has 0 radical (unpaired) electrons. The van der Waals surface area contributed by atoms with E-state index in [0.29, 0.717) is 17.9 Å². The number of Topliss-reactive ketones (excluding diaryl/α,β-unsaturated/α-hetero) is 1. The van der Waals surface area contributed by atoms with Crippen molar-refractivity contribution in [2.45, 2.75) is 52.0 Å². The number of halogens is 2. The molecule has 8 nitrogen and oxygen atoms in total. The van der Waals surface area contributed by atoms with Crippen molar-refractivity contribution in [2.24, 2.45) is 11.8 Å².